The summed E-state index contributed by atoms with van der Waals surface area (Å²) in [4.78, 5) is 0. The van der Waals surface area contributed by atoms with Gasteiger partial charge in [0.2, 0.25) is 0 Å². The molecule has 0 nitrogen and oxygen atoms in total. The first kappa shape index (κ1) is 10.8. The Hall–Kier alpha value is -0.195. The molecule has 0 aliphatic rings. The standard InChI is InChI=1S/C10H21B/c1-5-7-11(8-6-2)9-10(3)4/h3,5-9H2,1-2,4H3. The molecule has 0 amide bonds. The van der Waals surface area contributed by atoms with Gasteiger partial charge in [-0.2, -0.15) is 0 Å². The number of allylic oxidation sites excluding steroid dienone is 1. The molecule has 0 aromatic rings. The molecule has 0 radical (unpaired) electrons. The normalized spacial score (nSPS) is 9.73. The molecule has 0 spiro atoms. The second kappa shape index (κ2) is 6.51. The lowest BCUT2D eigenvalue weighted by Gasteiger charge is -2.10. The van der Waals surface area contributed by atoms with Crippen LogP contribution in [0.1, 0.15) is 33.6 Å². The van der Waals surface area contributed by atoms with Crippen LogP contribution in [-0.4, -0.2) is 6.71 Å². The molecular weight excluding hydrogens is 131 g/mol. The van der Waals surface area contributed by atoms with Crippen molar-refractivity contribution in [1.29, 1.82) is 0 Å². The van der Waals surface area contributed by atoms with E-state index in [0.29, 0.717) is 0 Å². The molecule has 1 heteroatoms. The Morgan fingerprint density at radius 1 is 1.18 bits per heavy atom. The van der Waals surface area contributed by atoms with Gasteiger partial charge >= 0.3 is 0 Å². The summed E-state index contributed by atoms with van der Waals surface area (Å²) in [5, 5.41) is 0. The third kappa shape index (κ3) is 6.21. The molecule has 0 atom stereocenters. The first-order valence-corrected chi connectivity index (χ1v) is 4.85. The number of rotatable bonds is 6. The van der Waals surface area contributed by atoms with E-state index >= 15 is 0 Å². The molecule has 0 heterocycles. The monoisotopic (exact) mass is 152 g/mol. The van der Waals surface area contributed by atoms with Crippen molar-refractivity contribution in [2.75, 3.05) is 0 Å². The van der Waals surface area contributed by atoms with E-state index in [0.717, 1.165) is 6.71 Å². The first-order valence-electron chi connectivity index (χ1n) is 4.85. The fourth-order valence-corrected chi connectivity index (χ4v) is 1.66. The second-order valence-electron chi connectivity index (χ2n) is 3.60. The maximum absolute atomic E-state index is 3.96. The summed E-state index contributed by atoms with van der Waals surface area (Å²) in [6.45, 7) is 11.5. The molecule has 0 saturated carbocycles. The molecule has 0 aliphatic heterocycles. The van der Waals surface area contributed by atoms with Crippen LogP contribution in [0.4, 0.5) is 0 Å². The van der Waals surface area contributed by atoms with E-state index in [4.69, 9.17) is 0 Å². The van der Waals surface area contributed by atoms with Crippen LogP contribution in [0.15, 0.2) is 12.2 Å². The van der Waals surface area contributed by atoms with Crippen LogP contribution in [-0.2, 0) is 0 Å². The molecule has 0 aliphatic carbocycles. The Balaban J connectivity index is 3.59. The Morgan fingerprint density at radius 2 is 1.64 bits per heavy atom. The van der Waals surface area contributed by atoms with Gasteiger partial charge in [-0.05, 0) is 6.92 Å². The fourth-order valence-electron chi connectivity index (χ4n) is 1.66. The summed E-state index contributed by atoms with van der Waals surface area (Å²) >= 11 is 0. The van der Waals surface area contributed by atoms with Crippen molar-refractivity contribution in [3.63, 3.8) is 0 Å². The minimum absolute atomic E-state index is 0.905. The van der Waals surface area contributed by atoms with Crippen molar-refractivity contribution >= 4 is 6.71 Å². The molecule has 0 aromatic carbocycles. The second-order valence-corrected chi connectivity index (χ2v) is 3.60. The predicted molar refractivity (Wildman–Crippen MR) is 55.6 cm³/mol. The zero-order valence-corrected chi connectivity index (χ0v) is 8.32. The van der Waals surface area contributed by atoms with Gasteiger partial charge in [-0.1, -0.05) is 51.2 Å². The lowest BCUT2D eigenvalue weighted by Crippen LogP contribution is -2.10. The van der Waals surface area contributed by atoms with Crippen molar-refractivity contribution < 1.29 is 0 Å². The Bertz CT molecular complexity index is 101. The predicted octanol–water partition coefficient (Wildman–Crippen LogP) is 3.88. The van der Waals surface area contributed by atoms with E-state index < -0.39 is 0 Å². The summed E-state index contributed by atoms with van der Waals surface area (Å²) in [6, 6.07) is 0. The van der Waals surface area contributed by atoms with Crippen molar-refractivity contribution in [2.45, 2.75) is 52.6 Å². The topological polar surface area (TPSA) is 0 Å². The zero-order valence-electron chi connectivity index (χ0n) is 8.32. The highest BCUT2D eigenvalue weighted by Crippen LogP contribution is 2.14. The molecule has 0 saturated heterocycles. The molecule has 0 fully saturated rings. The van der Waals surface area contributed by atoms with Crippen LogP contribution in [0.3, 0.4) is 0 Å². The first-order chi connectivity index (χ1) is 5.20. The summed E-state index contributed by atoms with van der Waals surface area (Å²) in [5.41, 5.74) is 1.34. The van der Waals surface area contributed by atoms with Gasteiger partial charge in [0, 0.05) is 0 Å². The third-order valence-corrected chi connectivity index (χ3v) is 2.03. The van der Waals surface area contributed by atoms with Crippen LogP contribution < -0.4 is 0 Å². The molecular formula is C10H21B. The SMILES string of the molecule is C=C(C)CB(CCC)CCC. The molecule has 0 N–H and O–H groups in total. The summed E-state index contributed by atoms with van der Waals surface area (Å²) in [7, 11) is 0. The van der Waals surface area contributed by atoms with E-state index in [-0.39, 0.29) is 0 Å². The van der Waals surface area contributed by atoms with Crippen molar-refractivity contribution in [1.82, 2.24) is 0 Å². The van der Waals surface area contributed by atoms with Crippen LogP contribution in [0.2, 0.25) is 19.0 Å². The quantitative estimate of drug-likeness (QED) is 0.400. The van der Waals surface area contributed by atoms with Crippen molar-refractivity contribution in [3.8, 4) is 0 Å². The van der Waals surface area contributed by atoms with Gasteiger partial charge < -0.3 is 0 Å². The Labute approximate surface area is 72.2 Å². The van der Waals surface area contributed by atoms with E-state index in [1.807, 2.05) is 0 Å². The molecule has 64 valence electrons. The van der Waals surface area contributed by atoms with E-state index in [1.165, 1.54) is 37.4 Å². The maximum Gasteiger partial charge on any atom is 0.144 e. The largest absolute Gasteiger partial charge is 0.144 e. The molecule has 11 heavy (non-hydrogen) atoms. The maximum atomic E-state index is 3.96. The molecule has 0 rings (SSSR count). The highest BCUT2D eigenvalue weighted by atomic mass is 13.9. The van der Waals surface area contributed by atoms with Crippen LogP contribution >= 0.6 is 0 Å². The van der Waals surface area contributed by atoms with Gasteiger partial charge in [-0.25, -0.2) is 0 Å². The van der Waals surface area contributed by atoms with Crippen LogP contribution in [0, 0.1) is 0 Å². The van der Waals surface area contributed by atoms with E-state index in [1.54, 1.807) is 0 Å². The highest BCUT2D eigenvalue weighted by molar-refractivity contribution is 6.59. The Morgan fingerprint density at radius 3 is 1.91 bits per heavy atom. The van der Waals surface area contributed by atoms with Gasteiger partial charge in [-0.3, -0.25) is 0 Å². The zero-order chi connectivity index (χ0) is 8.69. The summed E-state index contributed by atoms with van der Waals surface area (Å²) in [5.74, 6) is 0. The fraction of sp³-hybridized carbons (Fsp3) is 0.800. The molecule has 0 unspecified atom stereocenters. The van der Waals surface area contributed by atoms with Gasteiger partial charge in [0.25, 0.3) is 0 Å². The minimum atomic E-state index is 0.905. The number of hydrogen-bond donors (Lipinski definition) is 0. The average Bonchev–Trinajstić information content (AvgIpc) is 1.87. The molecule has 0 aromatic heterocycles. The summed E-state index contributed by atoms with van der Waals surface area (Å²) < 4.78 is 0. The average molecular weight is 152 g/mol. The van der Waals surface area contributed by atoms with Gasteiger partial charge in [-0.15, -0.1) is 6.58 Å². The smallest absolute Gasteiger partial charge is 0.101 e. The van der Waals surface area contributed by atoms with Gasteiger partial charge in [0.05, 0.1) is 0 Å². The van der Waals surface area contributed by atoms with Gasteiger partial charge in [0.1, 0.15) is 6.71 Å². The van der Waals surface area contributed by atoms with Crippen molar-refractivity contribution in [3.05, 3.63) is 12.2 Å². The third-order valence-electron chi connectivity index (χ3n) is 2.03. The van der Waals surface area contributed by atoms with E-state index in [9.17, 15) is 0 Å². The van der Waals surface area contributed by atoms with Gasteiger partial charge in [0.15, 0.2) is 0 Å². The highest BCUT2D eigenvalue weighted by Gasteiger charge is 2.10. The molecule has 0 bridgehead atoms. The minimum Gasteiger partial charge on any atom is -0.101 e. The van der Waals surface area contributed by atoms with Crippen LogP contribution in [0.5, 0.6) is 0 Å². The van der Waals surface area contributed by atoms with E-state index in [2.05, 4.69) is 27.4 Å². The van der Waals surface area contributed by atoms with Crippen molar-refractivity contribution in [2.24, 2.45) is 0 Å². The number of hydrogen-bond acceptors (Lipinski definition) is 0. The van der Waals surface area contributed by atoms with Crippen LogP contribution in [0.25, 0.3) is 0 Å². The summed E-state index contributed by atoms with van der Waals surface area (Å²) in [6.07, 6.45) is 6.62. The lowest BCUT2D eigenvalue weighted by molar-refractivity contribution is 0.994. The lowest BCUT2D eigenvalue weighted by atomic mass is 9.41. The Kier molecular flexibility index (Phi) is 6.40.